The van der Waals surface area contributed by atoms with Gasteiger partial charge in [-0.25, -0.2) is 0 Å². The molecule has 17 heavy (non-hydrogen) atoms. The summed E-state index contributed by atoms with van der Waals surface area (Å²) in [6, 6.07) is 5.22. The van der Waals surface area contributed by atoms with Crippen molar-refractivity contribution >= 4 is 18.6 Å². The molecule has 1 aromatic rings. The van der Waals surface area contributed by atoms with Gasteiger partial charge in [0.15, 0.2) is 0 Å². The van der Waals surface area contributed by atoms with E-state index in [2.05, 4.69) is 12.6 Å². The Morgan fingerprint density at radius 1 is 1.53 bits per heavy atom. The minimum Gasteiger partial charge on any atom is -0.495 e. The Balaban J connectivity index is 3.01. The van der Waals surface area contributed by atoms with Gasteiger partial charge >= 0.3 is 5.97 Å². The summed E-state index contributed by atoms with van der Waals surface area (Å²) in [5.74, 6) is 0.113. The van der Waals surface area contributed by atoms with Gasteiger partial charge in [-0.2, -0.15) is 5.26 Å². The molecule has 0 fully saturated rings. The van der Waals surface area contributed by atoms with Crippen molar-refractivity contribution in [2.45, 2.75) is 18.2 Å². The van der Waals surface area contributed by atoms with Crippen LogP contribution in [0.4, 0.5) is 0 Å². The number of benzene rings is 1. The van der Waals surface area contributed by atoms with Crippen LogP contribution in [0.25, 0.3) is 0 Å². The number of nitriles is 1. The lowest BCUT2D eigenvalue weighted by Gasteiger charge is -2.09. The molecule has 0 aromatic heterocycles. The number of methoxy groups -OCH3 is 1. The molecular formula is C12H13NO3S. The number of esters is 1. The number of hydrogen-bond donors (Lipinski definition) is 1. The zero-order chi connectivity index (χ0) is 12.8. The van der Waals surface area contributed by atoms with Crippen LogP contribution in [0.15, 0.2) is 17.0 Å². The van der Waals surface area contributed by atoms with Crippen LogP contribution in [-0.4, -0.2) is 19.7 Å². The van der Waals surface area contributed by atoms with Crippen molar-refractivity contribution in [2.75, 3.05) is 13.7 Å². The quantitative estimate of drug-likeness (QED) is 0.656. The van der Waals surface area contributed by atoms with Gasteiger partial charge in [-0.15, -0.1) is 12.6 Å². The van der Waals surface area contributed by atoms with Crippen molar-refractivity contribution in [3.05, 3.63) is 23.3 Å². The van der Waals surface area contributed by atoms with Crippen molar-refractivity contribution in [1.29, 1.82) is 5.26 Å². The van der Waals surface area contributed by atoms with E-state index in [1.807, 2.05) is 6.07 Å². The van der Waals surface area contributed by atoms with Crippen LogP contribution in [0, 0.1) is 11.3 Å². The summed E-state index contributed by atoms with van der Waals surface area (Å²) in [5.41, 5.74) is 1.04. The van der Waals surface area contributed by atoms with E-state index in [4.69, 9.17) is 14.7 Å². The molecule has 5 heteroatoms. The molecule has 1 aromatic carbocycles. The van der Waals surface area contributed by atoms with E-state index in [0.717, 1.165) is 0 Å². The molecule has 0 radical (unpaired) electrons. The Morgan fingerprint density at radius 3 is 2.76 bits per heavy atom. The third-order valence-electron chi connectivity index (χ3n) is 2.16. The zero-order valence-electron chi connectivity index (χ0n) is 9.69. The van der Waals surface area contributed by atoms with E-state index in [1.165, 1.54) is 7.11 Å². The standard InChI is InChI=1S/C12H13NO3S/c1-3-16-12(14)5-8-4-9(7-13)10(15-2)6-11(8)17/h4,6,17H,3,5H2,1-2H3. The number of hydrogen-bond acceptors (Lipinski definition) is 5. The predicted octanol–water partition coefficient (Wildman–Crippen LogP) is 1.96. The van der Waals surface area contributed by atoms with E-state index in [1.54, 1.807) is 19.1 Å². The average molecular weight is 251 g/mol. The molecule has 0 amide bonds. The SMILES string of the molecule is CCOC(=O)Cc1cc(C#N)c(OC)cc1S. The van der Waals surface area contributed by atoms with E-state index in [0.29, 0.717) is 28.4 Å². The Labute approximate surface area is 106 Å². The molecule has 1 rings (SSSR count). The number of carbonyl (C=O) groups is 1. The Hall–Kier alpha value is -1.67. The highest BCUT2D eigenvalue weighted by Gasteiger charge is 2.12. The van der Waals surface area contributed by atoms with Crippen LogP contribution in [0.2, 0.25) is 0 Å². The molecule has 90 valence electrons. The van der Waals surface area contributed by atoms with Gasteiger partial charge in [0.2, 0.25) is 0 Å². The van der Waals surface area contributed by atoms with Crippen LogP contribution in [-0.2, 0) is 16.0 Å². The summed E-state index contributed by atoms with van der Waals surface area (Å²) >= 11 is 4.25. The summed E-state index contributed by atoms with van der Waals surface area (Å²) in [4.78, 5) is 12.0. The van der Waals surface area contributed by atoms with Crippen molar-refractivity contribution in [3.63, 3.8) is 0 Å². The first-order chi connectivity index (χ1) is 8.12. The van der Waals surface area contributed by atoms with Crippen LogP contribution < -0.4 is 4.74 Å². The Morgan fingerprint density at radius 2 is 2.24 bits per heavy atom. The first-order valence-electron chi connectivity index (χ1n) is 5.08. The molecule has 0 saturated heterocycles. The summed E-state index contributed by atoms with van der Waals surface area (Å²) in [6.07, 6.45) is 0.103. The molecule has 0 unspecified atom stereocenters. The second kappa shape index (κ2) is 6.16. The molecule has 0 atom stereocenters. The minimum atomic E-state index is -0.336. The van der Waals surface area contributed by atoms with Crippen LogP contribution in [0.5, 0.6) is 5.75 Å². The lowest BCUT2D eigenvalue weighted by atomic mass is 10.1. The highest BCUT2D eigenvalue weighted by Crippen LogP contribution is 2.26. The highest BCUT2D eigenvalue weighted by molar-refractivity contribution is 7.80. The fourth-order valence-electron chi connectivity index (χ4n) is 1.38. The number of rotatable bonds is 4. The number of carbonyl (C=O) groups excluding carboxylic acids is 1. The molecule has 0 aliphatic carbocycles. The van der Waals surface area contributed by atoms with E-state index in [9.17, 15) is 4.79 Å². The molecule has 0 spiro atoms. The van der Waals surface area contributed by atoms with E-state index < -0.39 is 0 Å². The van der Waals surface area contributed by atoms with Gasteiger partial charge in [-0.05, 0) is 24.6 Å². The summed E-state index contributed by atoms with van der Waals surface area (Å²) in [6.45, 7) is 2.08. The maximum atomic E-state index is 11.3. The molecule has 0 aliphatic rings. The van der Waals surface area contributed by atoms with Gasteiger partial charge < -0.3 is 9.47 Å². The molecule has 0 N–H and O–H groups in total. The first-order valence-corrected chi connectivity index (χ1v) is 5.52. The van der Waals surface area contributed by atoms with Crippen molar-refractivity contribution < 1.29 is 14.3 Å². The van der Waals surface area contributed by atoms with Gasteiger partial charge in [0.1, 0.15) is 11.8 Å². The van der Waals surface area contributed by atoms with Crippen LogP contribution in [0.3, 0.4) is 0 Å². The van der Waals surface area contributed by atoms with Crippen molar-refractivity contribution in [2.24, 2.45) is 0 Å². The maximum Gasteiger partial charge on any atom is 0.310 e. The summed E-state index contributed by atoms with van der Waals surface area (Å²) < 4.78 is 9.88. The minimum absolute atomic E-state index is 0.103. The predicted molar refractivity (Wildman–Crippen MR) is 65.3 cm³/mol. The number of ether oxygens (including phenoxy) is 2. The van der Waals surface area contributed by atoms with E-state index >= 15 is 0 Å². The Bertz CT molecular complexity index is 466. The molecule has 4 nitrogen and oxygen atoms in total. The topological polar surface area (TPSA) is 59.3 Å². The van der Waals surface area contributed by atoms with E-state index in [-0.39, 0.29) is 12.4 Å². The third kappa shape index (κ3) is 3.40. The first kappa shape index (κ1) is 13.4. The zero-order valence-corrected chi connectivity index (χ0v) is 10.6. The molecule has 0 bridgehead atoms. The lowest BCUT2D eigenvalue weighted by molar-refractivity contribution is -0.142. The fourth-order valence-corrected chi connectivity index (χ4v) is 1.64. The maximum absolute atomic E-state index is 11.3. The van der Waals surface area contributed by atoms with Crippen LogP contribution >= 0.6 is 12.6 Å². The second-order valence-corrected chi connectivity index (χ2v) is 3.76. The monoisotopic (exact) mass is 251 g/mol. The molecular weight excluding hydrogens is 238 g/mol. The second-order valence-electron chi connectivity index (χ2n) is 3.27. The molecule has 0 saturated carbocycles. The molecule has 0 heterocycles. The van der Waals surface area contributed by atoms with Gasteiger partial charge in [-0.3, -0.25) is 4.79 Å². The molecule has 0 aliphatic heterocycles. The Kier molecular flexibility index (Phi) is 4.85. The summed E-state index contributed by atoms with van der Waals surface area (Å²) in [5, 5.41) is 8.93. The van der Waals surface area contributed by atoms with Crippen molar-refractivity contribution in [3.8, 4) is 11.8 Å². The lowest BCUT2D eigenvalue weighted by Crippen LogP contribution is -2.08. The van der Waals surface area contributed by atoms with Gasteiger partial charge in [0.25, 0.3) is 0 Å². The normalized spacial score (nSPS) is 9.53. The van der Waals surface area contributed by atoms with Crippen molar-refractivity contribution in [1.82, 2.24) is 0 Å². The smallest absolute Gasteiger partial charge is 0.310 e. The third-order valence-corrected chi connectivity index (χ3v) is 2.58. The van der Waals surface area contributed by atoms with Gasteiger partial charge in [0.05, 0.1) is 25.7 Å². The highest BCUT2D eigenvalue weighted by atomic mass is 32.1. The average Bonchev–Trinajstić information content (AvgIpc) is 2.31. The largest absolute Gasteiger partial charge is 0.495 e. The number of nitrogens with zero attached hydrogens (tertiary/aromatic N) is 1. The van der Waals surface area contributed by atoms with Gasteiger partial charge in [0, 0.05) is 4.90 Å². The van der Waals surface area contributed by atoms with Gasteiger partial charge in [-0.1, -0.05) is 0 Å². The van der Waals surface area contributed by atoms with Crippen LogP contribution in [0.1, 0.15) is 18.1 Å². The fraction of sp³-hybridized carbons (Fsp3) is 0.333. The summed E-state index contributed by atoms with van der Waals surface area (Å²) in [7, 11) is 1.48. The number of thiol groups is 1.